The molecule has 0 radical (unpaired) electrons. The van der Waals surface area contributed by atoms with Crippen LogP contribution in [-0.4, -0.2) is 31.2 Å². The molecule has 0 saturated carbocycles. The second-order valence-electron chi connectivity index (χ2n) is 7.86. The zero-order valence-electron chi connectivity index (χ0n) is 19.2. The lowest BCUT2D eigenvalue weighted by molar-refractivity contribution is 0.101. The standard InChI is InChI=1S/C25H25N5O4S/c1-16-13-22(30(29-16)20-11-12-23(34-2)18(14-20)15-26)25(31)28-19-9-7-17(8-10-19)21-5-3-4-6-24(21)35(27,32)33/h3-14H,15,26H2,1-2H3,(H,28,31)(H2,27,32,33). The molecule has 4 aromatic rings. The van der Waals surface area contributed by atoms with Crippen LogP contribution >= 0.6 is 0 Å². The summed E-state index contributed by atoms with van der Waals surface area (Å²) >= 11 is 0. The first-order valence-electron chi connectivity index (χ1n) is 10.7. The number of hydrogen-bond donors (Lipinski definition) is 3. The van der Waals surface area contributed by atoms with Crippen molar-refractivity contribution in [1.82, 2.24) is 9.78 Å². The molecule has 35 heavy (non-hydrogen) atoms. The van der Waals surface area contributed by atoms with Gasteiger partial charge in [-0.2, -0.15) is 5.10 Å². The quantitative estimate of drug-likeness (QED) is 0.362. The van der Waals surface area contributed by atoms with Crippen LogP contribution in [-0.2, 0) is 16.6 Å². The van der Waals surface area contributed by atoms with Gasteiger partial charge in [0.1, 0.15) is 11.4 Å². The van der Waals surface area contributed by atoms with E-state index >= 15 is 0 Å². The number of aryl methyl sites for hydroxylation is 1. The van der Waals surface area contributed by atoms with E-state index in [-0.39, 0.29) is 17.3 Å². The van der Waals surface area contributed by atoms with Gasteiger partial charge in [-0.3, -0.25) is 4.79 Å². The number of primary sulfonamides is 1. The zero-order valence-corrected chi connectivity index (χ0v) is 20.0. The minimum atomic E-state index is -3.88. The fraction of sp³-hybridized carbons (Fsp3) is 0.120. The molecule has 4 rings (SSSR count). The van der Waals surface area contributed by atoms with Crippen LogP contribution in [0.4, 0.5) is 5.69 Å². The SMILES string of the molecule is COc1ccc(-n2nc(C)cc2C(=O)Nc2ccc(-c3ccccc3S(N)(=O)=O)cc2)cc1CN. The van der Waals surface area contributed by atoms with Crippen molar-refractivity contribution in [1.29, 1.82) is 0 Å². The molecule has 0 aliphatic carbocycles. The van der Waals surface area contributed by atoms with Crippen molar-refractivity contribution in [3.05, 3.63) is 89.7 Å². The molecule has 0 saturated heterocycles. The predicted molar refractivity (Wildman–Crippen MR) is 134 cm³/mol. The van der Waals surface area contributed by atoms with Crippen molar-refractivity contribution in [2.45, 2.75) is 18.4 Å². The van der Waals surface area contributed by atoms with Crippen LogP contribution in [0.1, 0.15) is 21.7 Å². The third-order valence-corrected chi connectivity index (χ3v) is 6.41. The Hall–Kier alpha value is -3.99. The van der Waals surface area contributed by atoms with E-state index in [4.69, 9.17) is 15.6 Å². The zero-order chi connectivity index (χ0) is 25.2. The maximum absolute atomic E-state index is 13.1. The number of carbonyl (C=O) groups is 1. The molecule has 10 heteroatoms. The maximum atomic E-state index is 13.1. The van der Waals surface area contributed by atoms with Crippen LogP contribution in [0, 0.1) is 6.92 Å². The fourth-order valence-corrected chi connectivity index (χ4v) is 4.56. The smallest absolute Gasteiger partial charge is 0.274 e. The van der Waals surface area contributed by atoms with E-state index in [1.165, 1.54) is 6.07 Å². The predicted octanol–water partition coefficient (Wildman–Crippen LogP) is 3.21. The van der Waals surface area contributed by atoms with Crippen LogP contribution in [0.2, 0.25) is 0 Å². The number of rotatable bonds is 7. The minimum Gasteiger partial charge on any atom is -0.496 e. The molecular formula is C25H25N5O4S. The van der Waals surface area contributed by atoms with Gasteiger partial charge in [-0.25, -0.2) is 18.2 Å². The van der Waals surface area contributed by atoms with Gasteiger partial charge >= 0.3 is 0 Å². The topological polar surface area (TPSA) is 142 Å². The second-order valence-corrected chi connectivity index (χ2v) is 9.39. The number of anilines is 1. The van der Waals surface area contributed by atoms with Crippen molar-refractivity contribution >= 4 is 21.6 Å². The number of methoxy groups -OCH3 is 1. The highest BCUT2D eigenvalue weighted by Gasteiger charge is 2.18. The monoisotopic (exact) mass is 491 g/mol. The molecule has 0 bridgehead atoms. The number of nitrogens with one attached hydrogen (secondary N) is 1. The Kier molecular flexibility index (Phi) is 6.70. The molecule has 0 unspecified atom stereocenters. The summed E-state index contributed by atoms with van der Waals surface area (Å²) in [6, 6.07) is 20.4. The number of nitrogens with zero attached hydrogens (tertiary/aromatic N) is 2. The number of sulfonamides is 1. The number of carbonyl (C=O) groups excluding carboxylic acids is 1. The van der Waals surface area contributed by atoms with Crippen molar-refractivity contribution in [2.75, 3.05) is 12.4 Å². The van der Waals surface area contributed by atoms with Gasteiger partial charge in [0, 0.05) is 23.4 Å². The van der Waals surface area contributed by atoms with Gasteiger partial charge in [0.25, 0.3) is 5.91 Å². The number of amides is 1. The number of ether oxygens (including phenoxy) is 1. The Morgan fingerprint density at radius 3 is 2.43 bits per heavy atom. The Bertz CT molecular complexity index is 1490. The Morgan fingerprint density at radius 2 is 1.77 bits per heavy atom. The molecule has 0 atom stereocenters. The average Bonchev–Trinajstić information content (AvgIpc) is 3.25. The van der Waals surface area contributed by atoms with Gasteiger partial charge in [0.05, 0.1) is 23.4 Å². The summed E-state index contributed by atoms with van der Waals surface area (Å²) in [7, 11) is -2.31. The van der Waals surface area contributed by atoms with E-state index in [0.29, 0.717) is 39.6 Å². The first-order chi connectivity index (χ1) is 16.7. The molecule has 0 spiro atoms. The lowest BCUT2D eigenvalue weighted by Gasteiger charge is -2.12. The highest BCUT2D eigenvalue weighted by Crippen LogP contribution is 2.28. The molecule has 0 aliphatic rings. The Balaban J connectivity index is 1.61. The van der Waals surface area contributed by atoms with E-state index < -0.39 is 10.0 Å². The van der Waals surface area contributed by atoms with E-state index in [1.54, 1.807) is 79.4 Å². The van der Waals surface area contributed by atoms with Crippen molar-refractivity contribution in [2.24, 2.45) is 10.9 Å². The number of aromatic nitrogens is 2. The minimum absolute atomic E-state index is 0.0347. The van der Waals surface area contributed by atoms with E-state index in [1.807, 2.05) is 6.07 Å². The molecule has 1 amide bonds. The third-order valence-electron chi connectivity index (χ3n) is 5.44. The second kappa shape index (κ2) is 9.71. The van der Waals surface area contributed by atoms with E-state index in [2.05, 4.69) is 10.4 Å². The fourth-order valence-electron chi connectivity index (χ4n) is 3.80. The largest absolute Gasteiger partial charge is 0.496 e. The van der Waals surface area contributed by atoms with Crippen molar-refractivity contribution in [3.8, 4) is 22.6 Å². The Labute approximate surface area is 203 Å². The van der Waals surface area contributed by atoms with Crippen LogP contribution < -0.4 is 20.9 Å². The normalized spacial score (nSPS) is 11.3. The summed E-state index contributed by atoms with van der Waals surface area (Å²) in [6.07, 6.45) is 0. The molecule has 1 aromatic heterocycles. The van der Waals surface area contributed by atoms with Gasteiger partial charge in [-0.05, 0) is 55.0 Å². The first kappa shape index (κ1) is 24.1. The molecule has 5 N–H and O–H groups in total. The van der Waals surface area contributed by atoms with E-state index in [9.17, 15) is 13.2 Å². The third kappa shape index (κ3) is 5.09. The van der Waals surface area contributed by atoms with Crippen LogP contribution in [0.5, 0.6) is 5.75 Å². The highest BCUT2D eigenvalue weighted by atomic mass is 32.2. The summed E-state index contributed by atoms with van der Waals surface area (Å²) in [5, 5.41) is 12.7. The Morgan fingerprint density at radius 1 is 1.06 bits per heavy atom. The molecule has 3 aromatic carbocycles. The van der Waals surface area contributed by atoms with Gasteiger partial charge in [0.15, 0.2) is 0 Å². The number of nitrogens with two attached hydrogens (primary N) is 2. The molecule has 1 heterocycles. The molecule has 180 valence electrons. The summed E-state index contributed by atoms with van der Waals surface area (Å²) in [5.41, 5.74) is 10.0. The first-order valence-corrected chi connectivity index (χ1v) is 12.2. The highest BCUT2D eigenvalue weighted by molar-refractivity contribution is 7.89. The lowest BCUT2D eigenvalue weighted by atomic mass is 10.1. The van der Waals surface area contributed by atoms with E-state index in [0.717, 1.165) is 5.56 Å². The molecule has 9 nitrogen and oxygen atoms in total. The van der Waals surface area contributed by atoms with Crippen LogP contribution in [0.3, 0.4) is 0 Å². The lowest BCUT2D eigenvalue weighted by Crippen LogP contribution is -2.17. The van der Waals surface area contributed by atoms with Crippen molar-refractivity contribution < 1.29 is 17.9 Å². The molecular weight excluding hydrogens is 466 g/mol. The average molecular weight is 492 g/mol. The maximum Gasteiger partial charge on any atom is 0.274 e. The summed E-state index contributed by atoms with van der Waals surface area (Å²) in [5.74, 6) is 0.309. The molecule has 0 aliphatic heterocycles. The van der Waals surface area contributed by atoms with Gasteiger partial charge < -0.3 is 15.8 Å². The summed E-state index contributed by atoms with van der Waals surface area (Å²) < 4.78 is 30.7. The van der Waals surface area contributed by atoms with Crippen LogP contribution in [0.25, 0.3) is 16.8 Å². The van der Waals surface area contributed by atoms with Gasteiger partial charge in [-0.1, -0.05) is 30.3 Å². The number of hydrogen-bond acceptors (Lipinski definition) is 6. The summed E-state index contributed by atoms with van der Waals surface area (Å²) in [6.45, 7) is 2.08. The number of benzene rings is 3. The van der Waals surface area contributed by atoms with Gasteiger partial charge in [-0.15, -0.1) is 0 Å². The van der Waals surface area contributed by atoms with Gasteiger partial charge in [0.2, 0.25) is 10.0 Å². The summed E-state index contributed by atoms with van der Waals surface area (Å²) in [4.78, 5) is 13.2. The van der Waals surface area contributed by atoms with Crippen molar-refractivity contribution in [3.63, 3.8) is 0 Å². The molecule has 0 fully saturated rings. The van der Waals surface area contributed by atoms with Crippen LogP contribution in [0.15, 0.2) is 77.7 Å².